The first-order chi connectivity index (χ1) is 12.2. The summed E-state index contributed by atoms with van der Waals surface area (Å²) in [4.78, 5) is 11.4. The zero-order valence-corrected chi connectivity index (χ0v) is 15.0. The monoisotopic (exact) mass is 359 g/mol. The molecule has 0 saturated heterocycles. The molecule has 25 heavy (non-hydrogen) atoms. The molecular weight excluding hydrogens is 338 g/mol. The van der Waals surface area contributed by atoms with E-state index in [4.69, 9.17) is 21.1 Å². The number of ether oxygens (including phenoxy) is 2. The van der Waals surface area contributed by atoms with Crippen LogP contribution in [0.15, 0.2) is 48.5 Å². The van der Waals surface area contributed by atoms with Gasteiger partial charge in [-0.05, 0) is 61.4 Å². The molecule has 0 heterocycles. The van der Waals surface area contributed by atoms with Gasteiger partial charge in [-0.15, -0.1) is 0 Å². The van der Waals surface area contributed by atoms with E-state index in [0.29, 0.717) is 24.1 Å². The van der Waals surface area contributed by atoms with Gasteiger partial charge in [0.2, 0.25) is 0 Å². The molecule has 0 radical (unpaired) electrons. The molecule has 2 aromatic carbocycles. The first-order valence-corrected chi connectivity index (χ1v) is 8.87. The van der Waals surface area contributed by atoms with Crippen LogP contribution in [-0.2, 0) is 4.74 Å². The van der Waals surface area contributed by atoms with Crippen molar-refractivity contribution in [2.24, 2.45) is 5.92 Å². The third-order valence-corrected chi connectivity index (χ3v) is 4.85. The van der Waals surface area contributed by atoms with Gasteiger partial charge in [-0.2, -0.15) is 0 Å². The normalized spacial score (nSPS) is 19.4. The van der Waals surface area contributed by atoms with Gasteiger partial charge < -0.3 is 14.8 Å². The number of hydrogen-bond acceptors (Lipinski definition) is 4. The highest BCUT2D eigenvalue weighted by Gasteiger charge is 2.27. The van der Waals surface area contributed by atoms with E-state index in [2.05, 4.69) is 5.32 Å². The van der Waals surface area contributed by atoms with Crippen molar-refractivity contribution < 1.29 is 14.3 Å². The standard InChI is InChI=1S/C20H22ClNO3/c1-24-20(23)14-5-11-18(12-6-14)25-13-15-3-2-4-19(15)22-17-9-7-16(21)8-10-17/h5-12,15,19,22H,2-4,13H2,1H3. The highest BCUT2D eigenvalue weighted by molar-refractivity contribution is 6.30. The summed E-state index contributed by atoms with van der Waals surface area (Å²) >= 11 is 5.94. The summed E-state index contributed by atoms with van der Waals surface area (Å²) in [5.41, 5.74) is 1.61. The van der Waals surface area contributed by atoms with Crippen molar-refractivity contribution in [3.8, 4) is 5.75 Å². The van der Waals surface area contributed by atoms with Crippen molar-refractivity contribution in [1.29, 1.82) is 0 Å². The summed E-state index contributed by atoms with van der Waals surface area (Å²) < 4.78 is 10.6. The Bertz CT molecular complexity index is 700. The summed E-state index contributed by atoms with van der Waals surface area (Å²) in [5.74, 6) is 0.885. The maximum atomic E-state index is 11.4. The Morgan fingerprint density at radius 1 is 1.12 bits per heavy atom. The molecule has 5 heteroatoms. The fourth-order valence-electron chi connectivity index (χ4n) is 3.19. The Morgan fingerprint density at radius 2 is 1.84 bits per heavy atom. The van der Waals surface area contributed by atoms with Crippen LogP contribution in [0.2, 0.25) is 5.02 Å². The summed E-state index contributed by atoms with van der Waals surface area (Å²) in [6, 6.07) is 15.3. The molecule has 1 N–H and O–H groups in total. The first-order valence-electron chi connectivity index (χ1n) is 8.49. The van der Waals surface area contributed by atoms with Gasteiger partial charge in [0, 0.05) is 22.7 Å². The van der Waals surface area contributed by atoms with Gasteiger partial charge in [-0.25, -0.2) is 4.79 Å². The van der Waals surface area contributed by atoms with E-state index in [9.17, 15) is 4.79 Å². The Hall–Kier alpha value is -2.20. The minimum absolute atomic E-state index is 0.338. The van der Waals surface area contributed by atoms with Crippen LogP contribution in [-0.4, -0.2) is 25.7 Å². The van der Waals surface area contributed by atoms with E-state index < -0.39 is 0 Å². The molecule has 0 aliphatic heterocycles. The summed E-state index contributed by atoms with van der Waals surface area (Å²) in [6.07, 6.45) is 3.48. The van der Waals surface area contributed by atoms with E-state index in [1.54, 1.807) is 12.1 Å². The summed E-state index contributed by atoms with van der Waals surface area (Å²) in [6.45, 7) is 0.656. The van der Waals surface area contributed by atoms with E-state index >= 15 is 0 Å². The van der Waals surface area contributed by atoms with Gasteiger partial charge in [-0.3, -0.25) is 0 Å². The highest BCUT2D eigenvalue weighted by atomic mass is 35.5. The lowest BCUT2D eigenvalue weighted by molar-refractivity contribution is 0.0600. The number of anilines is 1. The fourth-order valence-corrected chi connectivity index (χ4v) is 3.32. The molecule has 2 atom stereocenters. The van der Waals surface area contributed by atoms with Gasteiger partial charge in [0.05, 0.1) is 19.3 Å². The lowest BCUT2D eigenvalue weighted by Gasteiger charge is -2.22. The lowest BCUT2D eigenvalue weighted by Crippen LogP contribution is -2.28. The minimum atomic E-state index is -0.338. The fraction of sp³-hybridized carbons (Fsp3) is 0.350. The predicted molar refractivity (Wildman–Crippen MR) is 99.5 cm³/mol. The zero-order chi connectivity index (χ0) is 17.6. The smallest absolute Gasteiger partial charge is 0.337 e. The number of rotatable bonds is 6. The quantitative estimate of drug-likeness (QED) is 0.753. The average Bonchev–Trinajstić information content (AvgIpc) is 3.08. The second kappa shape index (κ2) is 8.26. The van der Waals surface area contributed by atoms with Crippen molar-refractivity contribution in [2.45, 2.75) is 25.3 Å². The Kier molecular flexibility index (Phi) is 5.82. The SMILES string of the molecule is COC(=O)c1ccc(OCC2CCCC2Nc2ccc(Cl)cc2)cc1. The average molecular weight is 360 g/mol. The maximum Gasteiger partial charge on any atom is 0.337 e. The predicted octanol–water partition coefficient (Wildman–Crippen LogP) is 4.79. The third-order valence-electron chi connectivity index (χ3n) is 4.59. The lowest BCUT2D eigenvalue weighted by atomic mass is 10.0. The van der Waals surface area contributed by atoms with Crippen molar-refractivity contribution >= 4 is 23.3 Å². The van der Waals surface area contributed by atoms with Gasteiger partial charge in [-0.1, -0.05) is 18.0 Å². The molecule has 0 spiro atoms. The molecule has 2 unspecified atom stereocenters. The van der Waals surface area contributed by atoms with Crippen LogP contribution < -0.4 is 10.1 Å². The summed E-state index contributed by atoms with van der Waals surface area (Å²) in [7, 11) is 1.38. The van der Waals surface area contributed by atoms with Crippen molar-refractivity contribution in [3.05, 3.63) is 59.1 Å². The van der Waals surface area contributed by atoms with Crippen molar-refractivity contribution in [1.82, 2.24) is 0 Å². The van der Waals surface area contributed by atoms with Crippen LogP contribution in [0.1, 0.15) is 29.6 Å². The molecule has 3 rings (SSSR count). The number of benzene rings is 2. The molecular formula is C20H22ClNO3. The number of nitrogens with one attached hydrogen (secondary N) is 1. The van der Waals surface area contributed by atoms with E-state index in [-0.39, 0.29) is 5.97 Å². The van der Waals surface area contributed by atoms with E-state index in [1.165, 1.54) is 13.5 Å². The number of halogens is 1. The van der Waals surface area contributed by atoms with Crippen LogP contribution in [0.5, 0.6) is 5.75 Å². The van der Waals surface area contributed by atoms with Crippen LogP contribution >= 0.6 is 11.6 Å². The molecule has 1 saturated carbocycles. The Balaban J connectivity index is 1.54. The molecule has 1 aliphatic carbocycles. The zero-order valence-electron chi connectivity index (χ0n) is 14.2. The number of hydrogen-bond donors (Lipinski definition) is 1. The second-order valence-electron chi connectivity index (χ2n) is 6.28. The van der Waals surface area contributed by atoms with E-state index in [0.717, 1.165) is 29.3 Å². The van der Waals surface area contributed by atoms with Crippen LogP contribution in [0.3, 0.4) is 0 Å². The maximum absolute atomic E-state index is 11.4. The molecule has 132 valence electrons. The number of carbonyl (C=O) groups excluding carboxylic acids is 1. The van der Waals surface area contributed by atoms with Crippen LogP contribution in [0.25, 0.3) is 0 Å². The molecule has 1 fully saturated rings. The van der Waals surface area contributed by atoms with Crippen molar-refractivity contribution in [2.75, 3.05) is 19.0 Å². The van der Waals surface area contributed by atoms with Gasteiger partial charge >= 0.3 is 5.97 Å². The number of carbonyl (C=O) groups is 1. The second-order valence-corrected chi connectivity index (χ2v) is 6.71. The number of methoxy groups -OCH3 is 1. The van der Waals surface area contributed by atoms with Crippen LogP contribution in [0.4, 0.5) is 5.69 Å². The molecule has 0 bridgehead atoms. The molecule has 0 aromatic heterocycles. The van der Waals surface area contributed by atoms with Crippen LogP contribution in [0, 0.1) is 5.92 Å². The summed E-state index contributed by atoms with van der Waals surface area (Å²) in [5, 5.41) is 4.33. The Labute approximate surface area is 153 Å². The molecule has 4 nitrogen and oxygen atoms in total. The van der Waals surface area contributed by atoms with Gasteiger partial charge in [0.25, 0.3) is 0 Å². The van der Waals surface area contributed by atoms with Gasteiger partial charge in [0.1, 0.15) is 5.75 Å². The largest absolute Gasteiger partial charge is 0.493 e. The molecule has 1 aliphatic rings. The minimum Gasteiger partial charge on any atom is -0.493 e. The molecule has 2 aromatic rings. The van der Waals surface area contributed by atoms with E-state index in [1.807, 2.05) is 36.4 Å². The molecule has 0 amide bonds. The highest BCUT2D eigenvalue weighted by Crippen LogP contribution is 2.29. The van der Waals surface area contributed by atoms with Gasteiger partial charge in [0.15, 0.2) is 0 Å². The first kappa shape index (κ1) is 17.6. The number of esters is 1. The third kappa shape index (κ3) is 4.67. The topological polar surface area (TPSA) is 47.6 Å². The van der Waals surface area contributed by atoms with Crippen molar-refractivity contribution in [3.63, 3.8) is 0 Å². The Morgan fingerprint density at radius 3 is 2.52 bits per heavy atom.